The predicted octanol–water partition coefficient (Wildman–Crippen LogP) is 1.15. The lowest BCUT2D eigenvalue weighted by Gasteiger charge is -2.19. The van der Waals surface area contributed by atoms with Crippen LogP contribution in [0.15, 0.2) is 0 Å². The van der Waals surface area contributed by atoms with Crippen molar-refractivity contribution in [2.45, 2.75) is 58.2 Å². The van der Waals surface area contributed by atoms with Crippen LogP contribution in [-0.4, -0.2) is 60.9 Å². The zero-order valence-corrected chi connectivity index (χ0v) is 12.9. The van der Waals surface area contributed by atoms with Crippen molar-refractivity contribution >= 4 is 5.91 Å². The highest BCUT2D eigenvalue weighted by atomic mass is 16.5. The fourth-order valence-electron chi connectivity index (χ4n) is 2.56. The number of hydrogen-bond donors (Lipinski definition) is 2. The van der Waals surface area contributed by atoms with Crippen LogP contribution in [0.5, 0.6) is 0 Å². The molecule has 0 saturated heterocycles. The van der Waals surface area contributed by atoms with Crippen LogP contribution in [0.4, 0.5) is 0 Å². The van der Waals surface area contributed by atoms with Gasteiger partial charge in [0.15, 0.2) is 0 Å². The summed E-state index contributed by atoms with van der Waals surface area (Å²) in [5.74, 6) is 0.166. The van der Waals surface area contributed by atoms with Crippen molar-refractivity contribution in [3.05, 3.63) is 0 Å². The molecule has 118 valence electrons. The fourth-order valence-corrected chi connectivity index (χ4v) is 2.56. The summed E-state index contributed by atoms with van der Waals surface area (Å²) in [4.78, 5) is 13.6. The first-order valence-corrected chi connectivity index (χ1v) is 7.95. The third kappa shape index (κ3) is 6.68. The predicted molar refractivity (Wildman–Crippen MR) is 79.6 cm³/mol. The zero-order valence-electron chi connectivity index (χ0n) is 12.9. The number of nitrogens with zero attached hydrogens (tertiary/aromatic N) is 1. The van der Waals surface area contributed by atoms with Crippen molar-refractivity contribution in [2.24, 2.45) is 0 Å². The molecule has 1 atom stereocenters. The van der Waals surface area contributed by atoms with E-state index >= 15 is 0 Å². The topological polar surface area (TPSA) is 61.8 Å². The van der Waals surface area contributed by atoms with Crippen LogP contribution >= 0.6 is 0 Å². The largest absolute Gasteiger partial charge is 0.389 e. The Bertz CT molecular complexity index is 264. The smallest absolute Gasteiger partial charge is 0.223 e. The van der Waals surface area contributed by atoms with Crippen molar-refractivity contribution in [2.75, 3.05) is 32.8 Å². The number of amides is 1. The number of aliphatic hydroxyl groups is 1. The minimum atomic E-state index is -0.487. The van der Waals surface area contributed by atoms with Crippen molar-refractivity contribution in [3.63, 3.8) is 0 Å². The maximum Gasteiger partial charge on any atom is 0.223 e. The number of aliphatic hydroxyl groups excluding tert-OH is 1. The lowest BCUT2D eigenvalue weighted by Crippen LogP contribution is -2.36. The molecule has 0 aromatic rings. The number of nitrogens with one attached hydrogen (secondary N) is 1. The van der Waals surface area contributed by atoms with E-state index in [2.05, 4.69) is 5.32 Å². The van der Waals surface area contributed by atoms with Crippen LogP contribution < -0.4 is 5.32 Å². The summed E-state index contributed by atoms with van der Waals surface area (Å²) >= 11 is 0. The van der Waals surface area contributed by atoms with Crippen LogP contribution in [0.25, 0.3) is 0 Å². The van der Waals surface area contributed by atoms with E-state index in [9.17, 15) is 9.90 Å². The van der Waals surface area contributed by atoms with E-state index in [0.717, 1.165) is 25.9 Å². The van der Waals surface area contributed by atoms with Gasteiger partial charge in [0.25, 0.3) is 0 Å². The van der Waals surface area contributed by atoms with Gasteiger partial charge in [-0.3, -0.25) is 4.79 Å². The third-order valence-electron chi connectivity index (χ3n) is 3.84. The monoisotopic (exact) mass is 286 g/mol. The molecule has 2 N–H and O–H groups in total. The molecule has 1 unspecified atom stereocenters. The molecular formula is C15H30N2O3. The van der Waals surface area contributed by atoms with Gasteiger partial charge in [-0.15, -0.1) is 0 Å². The SMILES string of the molecule is CCN(CC)C(=O)CCNCC(O)COC1CCCC1. The second-order valence-electron chi connectivity index (χ2n) is 5.41. The highest BCUT2D eigenvalue weighted by Crippen LogP contribution is 2.20. The maximum absolute atomic E-state index is 11.7. The van der Waals surface area contributed by atoms with E-state index in [4.69, 9.17) is 4.74 Å². The molecule has 1 aliphatic rings. The lowest BCUT2D eigenvalue weighted by molar-refractivity contribution is -0.130. The number of hydrogen-bond acceptors (Lipinski definition) is 4. The van der Waals surface area contributed by atoms with E-state index in [1.807, 2.05) is 18.7 Å². The molecule has 0 aliphatic heterocycles. The molecule has 5 heteroatoms. The summed E-state index contributed by atoms with van der Waals surface area (Å²) in [6.07, 6.45) is 5.07. The van der Waals surface area contributed by atoms with Gasteiger partial charge in [0.2, 0.25) is 5.91 Å². The summed E-state index contributed by atoms with van der Waals surface area (Å²) in [5.41, 5.74) is 0. The van der Waals surface area contributed by atoms with Crippen LogP contribution in [0.3, 0.4) is 0 Å². The first-order valence-electron chi connectivity index (χ1n) is 7.95. The maximum atomic E-state index is 11.7. The van der Waals surface area contributed by atoms with Crippen molar-refractivity contribution in [1.82, 2.24) is 10.2 Å². The molecule has 0 radical (unpaired) electrons. The molecule has 1 rings (SSSR count). The van der Waals surface area contributed by atoms with E-state index in [0.29, 0.717) is 32.2 Å². The summed E-state index contributed by atoms with van der Waals surface area (Å²) in [5, 5.41) is 12.9. The number of rotatable bonds is 10. The normalized spacial score (nSPS) is 17.4. The van der Waals surface area contributed by atoms with Crippen molar-refractivity contribution in [3.8, 4) is 0 Å². The first kappa shape index (κ1) is 17.4. The van der Waals surface area contributed by atoms with Gasteiger partial charge in [-0.2, -0.15) is 0 Å². The van der Waals surface area contributed by atoms with Gasteiger partial charge in [-0.05, 0) is 26.7 Å². The number of carbonyl (C=O) groups excluding carboxylic acids is 1. The van der Waals surface area contributed by atoms with E-state index in [-0.39, 0.29) is 5.91 Å². The number of carbonyl (C=O) groups is 1. The second kappa shape index (κ2) is 10.1. The Morgan fingerprint density at radius 1 is 1.35 bits per heavy atom. The highest BCUT2D eigenvalue weighted by Gasteiger charge is 2.16. The average Bonchev–Trinajstić information content (AvgIpc) is 2.96. The van der Waals surface area contributed by atoms with E-state index < -0.39 is 6.10 Å². The molecule has 0 heterocycles. The Kier molecular flexibility index (Phi) is 8.82. The Morgan fingerprint density at radius 3 is 2.60 bits per heavy atom. The van der Waals surface area contributed by atoms with Gasteiger partial charge in [0.05, 0.1) is 18.8 Å². The third-order valence-corrected chi connectivity index (χ3v) is 3.84. The molecule has 0 aromatic heterocycles. The van der Waals surface area contributed by atoms with Gasteiger partial charge < -0.3 is 20.1 Å². The molecular weight excluding hydrogens is 256 g/mol. The zero-order chi connectivity index (χ0) is 14.8. The molecule has 1 fully saturated rings. The van der Waals surface area contributed by atoms with Crippen molar-refractivity contribution < 1.29 is 14.6 Å². The van der Waals surface area contributed by atoms with E-state index in [1.165, 1.54) is 12.8 Å². The van der Waals surface area contributed by atoms with Gasteiger partial charge >= 0.3 is 0 Å². The summed E-state index contributed by atoms with van der Waals surface area (Å²) in [6, 6.07) is 0. The Labute approximate surface area is 122 Å². The molecule has 1 saturated carbocycles. The van der Waals surface area contributed by atoms with E-state index in [1.54, 1.807) is 0 Å². The van der Waals surface area contributed by atoms with Crippen LogP contribution in [0, 0.1) is 0 Å². The Hall–Kier alpha value is -0.650. The Balaban J connectivity index is 2.00. The Morgan fingerprint density at radius 2 is 2.00 bits per heavy atom. The average molecular weight is 286 g/mol. The first-order chi connectivity index (χ1) is 9.67. The standard InChI is InChI=1S/C15H30N2O3/c1-3-17(4-2)15(19)9-10-16-11-13(18)12-20-14-7-5-6-8-14/h13-14,16,18H,3-12H2,1-2H3. The molecule has 1 aliphatic carbocycles. The second-order valence-corrected chi connectivity index (χ2v) is 5.41. The van der Waals surface area contributed by atoms with Crippen LogP contribution in [-0.2, 0) is 9.53 Å². The minimum absolute atomic E-state index is 0.166. The summed E-state index contributed by atoms with van der Waals surface area (Å²) < 4.78 is 5.65. The quantitative estimate of drug-likeness (QED) is 0.592. The molecule has 20 heavy (non-hydrogen) atoms. The minimum Gasteiger partial charge on any atom is -0.389 e. The number of ether oxygens (including phenoxy) is 1. The fraction of sp³-hybridized carbons (Fsp3) is 0.933. The molecule has 1 amide bonds. The van der Waals surface area contributed by atoms with Gasteiger partial charge in [-0.25, -0.2) is 0 Å². The van der Waals surface area contributed by atoms with Gasteiger partial charge in [0.1, 0.15) is 0 Å². The van der Waals surface area contributed by atoms with Crippen molar-refractivity contribution in [1.29, 1.82) is 0 Å². The van der Waals surface area contributed by atoms with Crippen LogP contribution in [0.2, 0.25) is 0 Å². The molecule has 0 spiro atoms. The van der Waals surface area contributed by atoms with Crippen LogP contribution in [0.1, 0.15) is 46.0 Å². The summed E-state index contributed by atoms with van der Waals surface area (Å²) in [6.45, 7) is 6.97. The summed E-state index contributed by atoms with van der Waals surface area (Å²) in [7, 11) is 0. The molecule has 5 nitrogen and oxygen atoms in total. The van der Waals surface area contributed by atoms with Gasteiger partial charge in [-0.1, -0.05) is 12.8 Å². The lowest BCUT2D eigenvalue weighted by atomic mass is 10.3. The highest BCUT2D eigenvalue weighted by molar-refractivity contribution is 5.76. The van der Waals surface area contributed by atoms with Gasteiger partial charge in [0, 0.05) is 32.6 Å². The molecule has 0 bridgehead atoms. The molecule has 0 aromatic carbocycles.